The number of amides is 1. The first-order valence-electron chi connectivity index (χ1n) is 8.38. The van der Waals surface area contributed by atoms with Gasteiger partial charge in [-0.25, -0.2) is 0 Å². The molecular weight excluding hydrogens is 320 g/mol. The van der Waals surface area contributed by atoms with Crippen LogP contribution in [0.1, 0.15) is 18.4 Å². The smallest absolute Gasteiger partial charge is 0.253 e. The van der Waals surface area contributed by atoms with E-state index < -0.39 is 6.10 Å². The summed E-state index contributed by atoms with van der Waals surface area (Å²) in [6.07, 6.45) is 3.70. The molecule has 1 amide bonds. The van der Waals surface area contributed by atoms with Gasteiger partial charge in [0.15, 0.2) is 0 Å². The number of nitrogens with one attached hydrogen (secondary N) is 1. The van der Waals surface area contributed by atoms with Gasteiger partial charge >= 0.3 is 0 Å². The highest BCUT2D eigenvalue weighted by Crippen LogP contribution is 2.27. The van der Waals surface area contributed by atoms with Gasteiger partial charge in [0, 0.05) is 25.1 Å². The largest absolute Gasteiger partial charge is 0.455 e. The van der Waals surface area contributed by atoms with Crippen LogP contribution < -0.4 is 10.1 Å². The summed E-state index contributed by atoms with van der Waals surface area (Å²) in [5.41, 5.74) is 1.51. The maximum absolute atomic E-state index is 12.3. The van der Waals surface area contributed by atoms with Crippen LogP contribution in [0.2, 0.25) is 0 Å². The monoisotopic (exact) mass is 342 g/mol. The van der Waals surface area contributed by atoms with Gasteiger partial charge in [-0.2, -0.15) is 0 Å². The number of carbonyl (C=O) groups is 1. The SMILES string of the molecule is Cc1cc(NC(=O)C(O)C2CCOCC2)ccc1Oc1cccnc1. The molecule has 0 bridgehead atoms. The van der Waals surface area contributed by atoms with Gasteiger partial charge in [-0.1, -0.05) is 0 Å². The third kappa shape index (κ3) is 4.55. The second kappa shape index (κ2) is 8.09. The maximum atomic E-state index is 12.3. The van der Waals surface area contributed by atoms with Crippen LogP contribution in [0, 0.1) is 12.8 Å². The van der Waals surface area contributed by atoms with Crippen molar-refractivity contribution >= 4 is 11.6 Å². The lowest BCUT2D eigenvalue weighted by Crippen LogP contribution is -2.37. The molecule has 1 aliphatic rings. The van der Waals surface area contributed by atoms with E-state index in [9.17, 15) is 9.90 Å². The number of pyridine rings is 1. The predicted molar refractivity (Wildman–Crippen MR) is 93.7 cm³/mol. The highest BCUT2D eigenvalue weighted by Gasteiger charge is 2.27. The lowest BCUT2D eigenvalue weighted by molar-refractivity contribution is -0.128. The van der Waals surface area contributed by atoms with Gasteiger partial charge in [0.05, 0.1) is 6.20 Å². The Morgan fingerprint density at radius 2 is 2.16 bits per heavy atom. The average Bonchev–Trinajstić information content (AvgIpc) is 2.65. The number of nitrogens with zero attached hydrogens (tertiary/aromatic N) is 1. The highest BCUT2D eigenvalue weighted by atomic mass is 16.5. The first kappa shape index (κ1) is 17.4. The number of aliphatic hydroxyl groups excluding tert-OH is 1. The number of ether oxygens (including phenoxy) is 2. The fraction of sp³-hybridized carbons (Fsp3) is 0.368. The zero-order chi connectivity index (χ0) is 17.6. The first-order chi connectivity index (χ1) is 12.1. The van der Waals surface area contributed by atoms with E-state index in [1.165, 1.54) is 0 Å². The van der Waals surface area contributed by atoms with Crippen molar-refractivity contribution in [2.45, 2.75) is 25.9 Å². The molecule has 3 rings (SSSR count). The molecule has 0 radical (unpaired) electrons. The molecule has 2 N–H and O–H groups in total. The molecule has 0 saturated carbocycles. The summed E-state index contributed by atoms with van der Waals surface area (Å²) >= 11 is 0. The Balaban J connectivity index is 1.63. The van der Waals surface area contributed by atoms with Gasteiger partial charge in [-0.15, -0.1) is 0 Å². The van der Waals surface area contributed by atoms with Crippen LogP contribution in [0.5, 0.6) is 11.5 Å². The number of hydrogen-bond donors (Lipinski definition) is 2. The number of aryl methyl sites for hydroxylation is 1. The summed E-state index contributed by atoms with van der Waals surface area (Å²) in [4.78, 5) is 16.3. The zero-order valence-electron chi connectivity index (χ0n) is 14.1. The van der Waals surface area contributed by atoms with Crippen LogP contribution in [-0.4, -0.2) is 35.3 Å². The van der Waals surface area contributed by atoms with Crippen molar-refractivity contribution < 1.29 is 19.4 Å². The van der Waals surface area contributed by atoms with E-state index in [0.717, 1.165) is 5.56 Å². The molecule has 1 atom stereocenters. The minimum atomic E-state index is -1.02. The van der Waals surface area contributed by atoms with Crippen LogP contribution in [0.3, 0.4) is 0 Å². The number of aliphatic hydroxyl groups is 1. The van der Waals surface area contributed by atoms with Gasteiger partial charge in [0.2, 0.25) is 0 Å². The molecular formula is C19H22N2O4. The Bertz CT molecular complexity index is 715. The number of carbonyl (C=O) groups excluding carboxylic acids is 1. The van der Waals surface area contributed by atoms with E-state index in [-0.39, 0.29) is 11.8 Å². The third-order valence-electron chi connectivity index (χ3n) is 4.29. The van der Waals surface area contributed by atoms with Gasteiger partial charge in [0.25, 0.3) is 5.91 Å². The van der Waals surface area contributed by atoms with Gasteiger partial charge in [-0.05, 0) is 61.6 Å². The Kier molecular flexibility index (Phi) is 5.63. The van der Waals surface area contributed by atoms with Gasteiger partial charge in [-0.3, -0.25) is 9.78 Å². The molecule has 2 aromatic rings. The number of rotatable bonds is 5. The van der Waals surface area contributed by atoms with Crippen LogP contribution in [0.15, 0.2) is 42.7 Å². The quantitative estimate of drug-likeness (QED) is 0.873. The van der Waals surface area contributed by atoms with E-state index in [4.69, 9.17) is 9.47 Å². The summed E-state index contributed by atoms with van der Waals surface area (Å²) in [6.45, 7) is 3.08. The Morgan fingerprint density at radius 1 is 1.36 bits per heavy atom. The van der Waals surface area contributed by atoms with Crippen LogP contribution in [-0.2, 0) is 9.53 Å². The average molecular weight is 342 g/mol. The van der Waals surface area contributed by atoms with Crippen LogP contribution >= 0.6 is 0 Å². The van der Waals surface area contributed by atoms with Gasteiger partial charge < -0.3 is 19.9 Å². The lowest BCUT2D eigenvalue weighted by atomic mass is 9.93. The Hall–Kier alpha value is -2.44. The predicted octanol–water partition coefficient (Wildman–Crippen LogP) is 2.91. The van der Waals surface area contributed by atoms with Crippen LogP contribution in [0.25, 0.3) is 0 Å². The molecule has 1 aliphatic heterocycles. The normalized spacial score (nSPS) is 16.2. The van der Waals surface area contributed by atoms with Crippen molar-refractivity contribution in [2.24, 2.45) is 5.92 Å². The first-order valence-corrected chi connectivity index (χ1v) is 8.38. The molecule has 132 valence electrons. The number of anilines is 1. The summed E-state index contributed by atoms with van der Waals surface area (Å²) in [5, 5.41) is 13.0. The molecule has 25 heavy (non-hydrogen) atoms. The van der Waals surface area contributed by atoms with Gasteiger partial charge in [0.1, 0.15) is 17.6 Å². The minimum Gasteiger partial charge on any atom is -0.455 e. The molecule has 6 nitrogen and oxygen atoms in total. The van der Waals surface area contributed by atoms with E-state index in [1.54, 1.807) is 30.6 Å². The maximum Gasteiger partial charge on any atom is 0.253 e. The van der Waals surface area contributed by atoms with E-state index in [2.05, 4.69) is 10.3 Å². The molecule has 0 spiro atoms. The summed E-state index contributed by atoms with van der Waals surface area (Å²) in [6, 6.07) is 9.00. The van der Waals surface area contributed by atoms with Crippen molar-refractivity contribution in [1.29, 1.82) is 0 Å². The lowest BCUT2D eigenvalue weighted by Gasteiger charge is -2.26. The minimum absolute atomic E-state index is 0.0527. The Labute approximate surface area is 146 Å². The second-order valence-corrected chi connectivity index (χ2v) is 6.15. The molecule has 6 heteroatoms. The molecule has 1 aromatic carbocycles. The number of benzene rings is 1. The van der Waals surface area contributed by atoms with Crippen molar-refractivity contribution in [3.8, 4) is 11.5 Å². The molecule has 2 heterocycles. The van der Waals surface area contributed by atoms with E-state index in [1.807, 2.05) is 19.1 Å². The van der Waals surface area contributed by atoms with Crippen molar-refractivity contribution in [1.82, 2.24) is 4.98 Å². The second-order valence-electron chi connectivity index (χ2n) is 6.15. The number of aromatic nitrogens is 1. The van der Waals surface area contributed by atoms with E-state index >= 15 is 0 Å². The van der Waals surface area contributed by atoms with Crippen molar-refractivity contribution in [3.63, 3.8) is 0 Å². The highest BCUT2D eigenvalue weighted by molar-refractivity contribution is 5.94. The molecule has 0 aliphatic carbocycles. The summed E-state index contributed by atoms with van der Waals surface area (Å²) in [5.74, 6) is 0.906. The fourth-order valence-corrected chi connectivity index (χ4v) is 2.84. The standard InChI is InChI=1S/C19H22N2O4/c1-13-11-15(4-5-17(13)25-16-3-2-8-20-12-16)21-19(23)18(22)14-6-9-24-10-7-14/h2-5,8,11-12,14,18,22H,6-7,9-10H2,1H3,(H,21,23). The van der Waals surface area contributed by atoms with E-state index in [0.29, 0.717) is 43.2 Å². The molecule has 1 aromatic heterocycles. The summed E-state index contributed by atoms with van der Waals surface area (Å²) < 4.78 is 11.0. The van der Waals surface area contributed by atoms with Crippen LogP contribution in [0.4, 0.5) is 5.69 Å². The molecule has 1 unspecified atom stereocenters. The number of hydrogen-bond acceptors (Lipinski definition) is 5. The van der Waals surface area contributed by atoms with Crippen molar-refractivity contribution in [3.05, 3.63) is 48.3 Å². The fourth-order valence-electron chi connectivity index (χ4n) is 2.84. The third-order valence-corrected chi connectivity index (χ3v) is 4.29. The van der Waals surface area contributed by atoms with Crippen molar-refractivity contribution in [2.75, 3.05) is 18.5 Å². The zero-order valence-corrected chi connectivity index (χ0v) is 14.1. The Morgan fingerprint density at radius 3 is 2.84 bits per heavy atom. The molecule has 1 saturated heterocycles. The topological polar surface area (TPSA) is 80.7 Å². The summed E-state index contributed by atoms with van der Waals surface area (Å²) in [7, 11) is 0. The molecule has 1 fully saturated rings.